The number of benzene rings is 1. The summed E-state index contributed by atoms with van der Waals surface area (Å²) in [5.74, 6) is 5.51. The molecule has 82 valence electrons. The van der Waals surface area contributed by atoms with Gasteiger partial charge in [0.2, 0.25) is 0 Å². The smallest absolute Gasteiger partial charge is 0.0643 e. The van der Waals surface area contributed by atoms with Gasteiger partial charge in [-0.1, -0.05) is 35.4 Å². The molecule has 0 amide bonds. The zero-order valence-electron chi connectivity index (χ0n) is 9.34. The van der Waals surface area contributed by atoms with Gasteiger partial charge in [0.05, 0.1) is 6.04 Å². The lowest BCUT2D eigenvalue weighted by Crippen LogP contribution is -2.26. The Morgan fingerprint density at radius 1 is 1.47 bits per heavy atom. The quantitative estimate of drug-likeness (QED) is 0.470. The molecule has 0 bridgehead atoms. The molecule has 0 saturated carbocycles. The van der Waals surface area contributed by atoms with E-state index in [1.807, 2.05) is 39.0 Å². The Labute approximate surface area is 96.1 Å². The van der Waals surface area contributed by atoms with Crippen molar-refractivity contribution in [1.29, 1.82) is 0 Å². The molecule has 0 fully saturated rings. The van der Waals surface area contributed by atoms with Gasteiger partial charge in [0, 0.05) is 5.02 Å². The largest absolute Gasteiger partial charge is 0.271 e. The molecule has 1 aromatic rings. The van der Waals surface area contributed by atoms with E-state index >= 15 is 0 Å². The molecule has 1 aromatic carbocycles. The summed E-state index contributed by atoms with van der Waals surface area (Å²) < 4.78 is 0. The number of hydrogen-bond acceptors (Lipinski definition) is 2. The van der Waals surface area contributed by atoms with Crippen LogP contribution in [0.4, 0.5) is 0 Å². The third-order valence-electron chi connectivity index (χ3n) is 2.22. The summed E-state index contributed by atoms with van der Waals surface area (Å²) in [5.41, 5.74) is 6.20. The molecule has 3 heteroatoms. The van der Waals surface area contributed by atoms with Gasteiger partial charge in [0.1, 0.15) is 0 Å². The van der Waals surface area contributed by atoms with Crippen molar-refractivity contribution in [2.24, 2.45) is 5.84 Å². The molecule has 0 heterocycles. The van der Waals surface area contributed by atoms with Crippen LogP contribution in [0.5, 0.6) is 0 Å². The molecule has 0 aliphatic heterocycles. The summed E-state index contributed by atoms with van der Waals surface area (Å²) in [6.45, 7) is 6.09. The van der Waals surface area contributed by atoms with Crippen LogP contribution in [0.2, 0.25) is 5.02 Å². The van der Waals surface area contributed by atoms with Crippen LogP contribution >= 0.6 is 11.6 Å². The highest BCUT2D eigenvalue weighted by molar-refractivity contribution is 6.31. The fraction of sp³-hybridized carbons (Fsp3) is 0.333. The van der Waals surface area contributed by atoms with Crippen molar-refractivity contribution in [2.45, 2.75) is 26.8 Å². The first-order valence-corrected chi connectivity index (χ1v) is 5.29. The van der Waals surface area contributed by atoms with Gasteiger partial charge in [-0.2, -0.15) is 0 Å². The van der Waals surface area contributed by atoms with E-state index in [4.69, 9.17) is 17.4 Å². The molecule has 0 aliphatic carbocycles. The van der Waals surface area contributed by atoms with E-state index < -0.39 is 0 Å². The Morgan fingerprint density at radius 2 is 2.13 bits per heavy atom. The van der Waals surface area contributed by atoms with Crippen LogP contribution in [0, 0.1) is 6.92 Å². The number of nitrogens with one attached hydrogen (secondary N) is 1. The molecule has 0 spiro atoms. The summed E-state index contributed by atoms with van der Waals surface area (Å²) in [4.78, 5) is 0. The minimum Gasteiger partial charge on any atom is -0.271 e. The van der Waals surface area contributed by atoms with Crippen LogP contribution in [-0.2, 0) is 0 Å². The van der Waals surface area contributed by atoms with Gasteiger partial charge < -0.3 is 0 Å². The maximum atomic E-state index is 5.97. The van der Waals surface area contributed by atoms with E-state index in [2.05, 4.69) is 11.5 Å². The number of aryl methyl sites for hydroxylation is 1. The van der Waals surface area contributed by atoms with Crippen molar-refractivity contribution in [3.05, 3.63) is 46.0 Å². The summed E-state index contributed by atoms with van der Waals surface area (Å²) in [6.07, 6.45) is 2.09. The van der Waals surface area contributed by atoms with Crippen molar-refractivity contribution in [1.82, 2.24) is 5.43 Å². The first-order chi connectivity index (χ1) is 7.04. The molecular weight excluding hydrogens is 208 g/mol. The molecule has 15 heavy (non-hydrogen) atoms. The first-order valence-electron chi connectivity index (χ1n) is 4.92. The first kappa shape index (κ1) is 12.2. The molecule has 0 radical (unpaired) electrons. The van der Waals surface area contributed by atoms with Crippen LogP contribution in [-0.4, -0.2) is 0 Å². The molecular formula is C12H17ClN2. The molecule has 2 nitrogen and oxygen atoms in total. The second kappa shape index (κ2) is 5.31. The van der Waals surface area contributed by atoms with Crippen molar-refractivity contribution < 1.29 is 0 Å². The molecule has 0 aliphatic rings. The Morgan fingerprint density at radius 3 is 2.60 bits per heavy atom. The highest BCUT2D eigenvalue weighted by Crippen LogP contribution is 2.21. The minimum absolute atomic E-state index is 0.0472. The third kappa shape index (κ3) is 3.34. The highest BCUT2D eigenvalue weighted by atomic mass is 35.5. The van der Waals surface area contributed by atoms with E-state index in [-0.39, 0.29) is 6.04 Å². The molecule has 0 saturated heterocycles. The van der Waals surface area contributed by atoms with Crippen LogP contribution in [0.15, 0.2) is 29.8 Å². The van der Waals surface area contributed by atoms with Gasteiger partial charge in [0.15, 0.2) is 0 Å². The fourth-order valence-electron chi connectivity index (χ4n) is 1.44. The molecule has 1 unspecified atom stereocenters. The van der Waals surface area contributed by atoms with E-state index in [1.54, 1.807) is 0 Å². The summed E-state index contributed by atoms with van der Waals surface area (Å²) >= 11 is 5.97. The second-order valence-electron chi connectivity index (χ2n) is 3.90. The predicted molar refractivity (Wildman–Crippen MR) is 65.7 cm³/mol. The topological polar surface area (TPSA) is 38.0 Å². The second-order valence-corrected chi connectivity index (χ2v) is 4.30. The lowest BCUT2D eigenvalue weighted by molar-refractivity contribution is 0.651. The normalized spacial score (nSPS) is 12.3. The average Bonchev–Trinajstić information content (AvgIpc) is 2.18. The third-order valence-corrected chi connectivity index (χ3v) is 2.64. The van der Waals surface area contributed by atoms with Crippen LogP contribution in [0.25, 0.3) is 0 Å². The number of halogens is 1. The van der Waals surface area contributed by atoms with E-state index in [0.717, 1.165) is 16.1 Å². The van der Waals surface area contributed by atoms with Crippen molar-refractivity contribution >= 4 is 11.6 Å². The van der Waals surface area contributed by atoms with Gasteiger partial charge >= 0.3 is 0 Å². The molecule has 1 atom stereocenters. The minimum atomic E-state index is 0.0472. The van der Waals surface area contributed by atoms with Crippen LogP contribution in [0.1, 0.15) is 31.0 Å². The lowest BCUT2D eigenvalue weighted by Gasteiger charge is -2.14. The van der Waals surface area contributed by atoms with Crippen molar-refractivity contribution in [3.63, 3.8) is 0 Å². The standard InChI is InChI=1S/C12H17ClN2/c1-8(2)6-12(15-14)10-4-5-11(13)9(3)7-10/h4-7,12,15H,14H2,1-3H3. The maximum absolute atomic E-state index is 5.97. The van der Waals surface area contributed by atoms with E-state index in [1.165, 1.54) is 5.57 Å². The molecule has 3 N–H and O–H groups in total. The average molecular weight is 225 g/mol. The van der Waals surface area contributed by atoms with Gasteiger partial charge in [-0.05, 0) is 38.0 Å². The summed E-state index contributed by atoms with van der Waals surface area (Å²) in [5, 5.41) is 0.784. The molecule has 0 aromatic heterocycles. The number of hydrogen-bond donors (Lipinski definition) is 2. The predicted octanol–water partition coefficient (Wildman–Crippen LogP) is 3.12. The highest BCUT2D eigenvalue weighted by Gasteiger charge is 2.07. The summed E-state index contributed by atoms with van der Waals surface area (Å²) in [7, 11) is 0. The lowest BCUT2D eigenvalue weighted by atomic mass is 10.0. The maximum Gasteiger partial charge on any atom is 0.0643 e. The van der Waals surface area contributed by atoms with Crippen molar-refractivity contribution in [3.8, 4) is 0 Å². The Balaban J connectivity index is 3.03. The zero-order chi connectivity index (χ0) is 11.4. The van der Waals surface area contributed by atoms with Gasteiger partial charge in [-0.3, -0.25) is 5.84 Å². The fourth-order valence-corrected chi connectivity index (χ4v) is 1.55. The Bertz CT molecular complexity index is 368. The number of hydrazine groups is 1. The van der Waals surface area contributed by atoms with Gasteiger partial charge in [-0.15, -0.1) is 0 Å². The number of rotatable bonds is 3. The van der Waals surface area contributed by atoms with E-state index in [0.29, 0.717) is 0 Å². The monoisotopic (exact) mass is 224 g/mol. The van der Waals surface area contributed by atoms with Crippen molar-refractivity contribution in [2.75, 3.05) is 0 Å². The summed E-state index contributed by atoms with van der Waals surface area (Å²) in [6, 6.07) is 5.98. The zero-order valence-corrected chi connectivity index (χ0v) is 10.1. The molecule has 1 rings (SSSR count). The number of allylic oxidation sites excluding steroid dienone is 1. The van der Waals surface area contributed by atoms with Crippen LogP contribution < -0.4 is 11.3 Å². The van der Waals surface area contributed by atoms with E-state index in [9.17, 15) is 0 Å². The Kier molecular flexibility index (Phi) is 4.33. The Hall–Kier alpha value is -0.830. The SMILES string of the molecule is CC(C)=CC(NN)c1ccc(Cl)c(C)c1. The van der Waals surface area contributed by atoms with Crippen LogP contribution in [0.3, 0.4) is 0 Å². The van der Waals surface area contributed by atoms with Gasteiger partial charge in [0.25, 0.3) is 0 Å². The van der Waals surface area contributed by atoms with Gasteiger partial charge in [-0.25, -0.2) is 5.43 Å². The number of nitrogens with two attached hydrogens (primary N) is 1.